The zero-order valence-electron chi connectivity index (χ0n) is 14.9. The Labute approximate surface area is 168 Å². The van der Waals surface area contributed by atoms with Crippen LogP contribution in [0.25, 0.3) is 10.2 Å². The van der Waals surface area contributed by atoms with Crippen molar-refractivity contribution in [2.24, 2.45) is 5.73 Å². The third-order valence-electron chi connectivity index (χ3n) is 4.57. The van der Waals surface area contributed by atoms with E-state index in [9.17, 15) is 9.59 Å². The lowest BCUT2D eigenvalue weighted by Gasteiger charge is -2.25. The highest BCUT2D eigenvalue weighted by molar-refractivity contribution is 7.98. The van der Waals surface area contributed by atoms with Crippen LogP contribution in [-0.2, 0) is 17.8 Å². The number of carbonyl (C=O) groups is 2. The summed E-state index contributed by atoms with van der Waals surface area (Å²) in [5.74, 6) is -0.405. The van der Waals surface area contributed by atoms with Crippen LogP contribution in [0.2, 0.25) is 0 Å². The third-order valence-corrected chi connectivity index (χ3v) is 7.41. The molecule has 0 aliphatic carbocycles. The molecule has 2 aromatic heterocycles. The van der Waals surface area contributed by atoms with E-state index in [0.29, 0.717) is 30.1 Å². The zero-order chi connectivity index (χ0) is 19.1. The molecule has 0 unspecified atom stereocenters. The van der Waals surface area contributed by atoms with Crippen LogP contribution in [-0.4, -0.2) is 34.5 Å². The number of rotatable bonds is 4. The predicted molar refractivity (Wildman–Crippen MR) is 112 cm³/mol. The molecule has 0 saturated heterocycles. The van der Waals surface area contributed by atoms with Gasteiger partial charge in [-0.25, -0.2) is 4.98 Å². The molecule has 2 amide bonds. The number of anilines is 2. The first kappa shape index (κ1) is 18.3. The van der Waals surface area contributed by atoms with Crippen LogP contribution in [0.3, 0.4) is 0 Å². The number of thiophene rings is 1. The SMILES string of the molecule is CSc1cccc2sc(Nc3sc4c(c3C(N)=O)CCN(C(C)=O)C4)nc12. The highest BCUT2D eigenvalue weighted by Gasteiger charge is 2.28. The maximum atomic E-state index is 12.1. The molecule has 0 bridgehead atoms. The maximum Gasteiger partial charge on any atom is 0.251 e. The van der Waals surface area contributed by atoms with Gasteiger partial charge in [-0.05, 0) is 30.4 Å². The Balaban J connectivity index is 1.72. The normalized spacial score (nSPS) is 13.6. The fraction of sp³-hybridized carbons (Fsp3) is 0.278. The van der Waals surface area contributed by atoms with E-state index >= 15 is 0 Å². The fourth-order valence-electron chi connectivity index (χ4n) is 3.26. The lowest BCUT2D eigenvalue weighted by atomic mass is 10.0. The summed E-state index contributed by atoms with van der Waals surface area (Å²) >= 11 is 4.69. The Morgan fingerprint density at radius 3 is 2.85 bits per heavy atom. The van der Waals surface area contributed by atoms with Crippen molar-refractivity contribution in [1.82, 2.24) is 9.88 Å². The molecule has 0 fully saturated rings. The number of hydrogen-bond donors (Lipinski definition) is 2. The number of para-hydroxylation sites is 1. The van der Waals surface area contributed by atoms with Gasteiger partial charge in [-0.3, -0.25) is 9.59 Å². The second kappa shape index (κ2) is 7.14. The Morgan fingerprint density at radius 2 is 2.15 bits per heavy atom. The summed E-state index contributed by atoms with van der Waals surface area (Å²) in [4.78, 5) is 32.4. The molecule has 3 heterocycles. The minimum absolute atomic E-state index is 0.0416. The number of aromatic nitrogens is 1. The number of thioether (sulfide) groups is 1. The Kier molecular flexibility index (Phi) is 4.83. The van der Waals surface area contributed by atoms with Crippen molar-refractivity contribution in [3.8, 4) is 0 Å². The second-order valence-corrected chi connectivity index (χ2v) is 9.20. The van der Waals surface area contributed by atoms with Gasteiger partial charge < -0.3 is 16.0 Å². The van der Waals surface area contributed by atoms with Crippen molar-refractivity contribution in [3.05, 3.63) is 34.2 Å². The van der Waals surface area contributed by atoms with Gasteiger partial charge in [-0.15, -0.1) is 23.1 Å². The van der Waals surface area contributed by atoms with Crippen molar-refractivity contribution >= 4 is 66.6 Å². The van der Waals surface area contributed by atoms with Crippen molar-refractivity contribution in [3.63, 3.8) is 0 Å². The number of fused-ring (bicyclic) bond motifs is 2. The number of amides is 2. The molecule has 3 N–H and O–H groups in total. The zero-order valence-corrected chi connectivity index (χ0v) is 17.3. The van der Waals surface area contributed by atoms with Crippen molar-refractivity contribution < 1.29 is 9.59 Å². The number of nitrogens with one attached hydrogen (secondary N) is 1. The number of nitrogens with zero attached hydrogens (tertiary/aromatic N) is 2. The molecule has 1 aliphatic heterocycles. The Bertz CT molecular complexity index is 1060. The molecule has 27 heavy (non-hydrogen) atoms. The average molecular weight is 419 g/mol. The minimum Gasteiger partial charge on any atom is -0.365 e. The molecule has 140 valence electrons. The van der Waals surface area contributed by atoms with Crippen LogP contribution in [0, 0.1) is 0 Å². The highest BCUT2D eigenvalue weighted by atomic mass is 32.2. The van der Waals surface area contributed by atoms with Crippen LogP contribution in [0.15, 0.2) is 23.1 Å². The molecule has 0 atom stereocenters. The third kappa shape index (κ3) is 3.30. The van der Waals surface area contributed by atoms with Gasteiger partial charge in [0.1, 0.15) is 5.00 Å². The van der Waals surface area contributed by atoms with Gasteiger partial charge in [-0.1, -0.05) is 17.4 Å². The standard InChI is InChI=1S/C18H18N4O2S3/c1-9(23)22-7-6-10-13(8-22)26-17(14(10)16(19)24)21-18-20-15-11(25-2)4-3-5-12(15)27-18/h3-5H,6-8H2,1-2H3,(H2,19,24)(H,20,21). The van der Waals surface area contributed by atoms with Crippen LogP contribution >= 0.6 is 34.4 Å². The van der Waals surface area contributed by atoms with Gasteiger partial charge >= 0.3 is 0 Å². The summed E-state index contributed by atoms with van der Waals surface area (Å²) in [7, 11) is 0. The molecule has 1 aromatic carbocycles. The van der Waals surface area contributed by atoms with Crippen LogP contribution in [0.4, 0.5) is 10.1 Å². The molecule has 4 rings (SSSR count). The number of carbonyl (C=O) groups excluding carboxylic acids is 2. The van der Waals surface area contributed by atoms with E-state index in [1.807, 2.05) is 24.5 Å². The molecular formula is C18H18N4O2S3. The Morgan fingerprint density at radius 1 is 1.33 bits per heavy atom. The lowest BCUT2D eigenvalue weighted by Crippen LogP contribution is -2.34. The molecule has 3 aromatic rings. The average Bonchev–Trinajstić information content (AvgIpc) is 3.20. The molecule has 0 spiro atoms. The summed E-state index contributed by atoms with van der Waals surface area (Å²) in [6.45, 7) is 2.70. The predicted octanol–water partition coefficient (Wildman–Crippen LogP) is 3.83. The quantitative estimate of drug-likeness (QED) is 0.629. The molecule has 9 heteroatoms. The first-order valence-electron chi connectivity index (χ1n) is 8.38. The van der Waals surface area contributed by atoms with Gasteiger partial charge in [0.2, 0.25) is 5.91 Å². The number of nitrogens with two attached hydrogens (primary N) is 1. The lowest BCUT2D eigenvalue weighted by molar-refractivity contribution is -0.129. The van der Waals surface area contributed by atoms with Gasteiger partial charge in [0, 0.05) is 23.2 Å². The largest absolute Gasteiger partial charge is 0.365 e. The van der Waals surface area contributed by atoms with Crippen LogP contribution in [0.1, 0.15) is 27.7 Å². The van der Waals surface area contributed by atoms with Gasteiger partial charge in [0.05, 0.1) is 22.3 Å². The Hall–Kier alpha value is -2.10. The minimum atomic E-state index is -0.447. The van der Waals surface area contributed by atoms with Gasteiger partial charge in [0.15, 0.2) is 5.13 Å². The van der Waals surface area contributed by atoms with Crippen molar-refractivity contribution in [1.29, 1.82) is 0 Å². The van der Waals surface area contributed by atoms with Crippen molar-refractivity contribution in [2.75, 3.05) is 18.1 Å². The van der Waals surface area contributed by atoms with Gasteiger partial charge in [-0.2, -0.15) is 0 Å². The van der Waals surface area contributed by atoms with E-state index < -0.39 is 5.91 Å². The van der Waals surface area contributed by atoms with E-state index in [4.69, 9.17) is 10.7 Å². The van der Waals surface area contributed by atoms with Crippen LogP contribution < -0.4 is 11.1 Å². The van der Waals surface area contributed by atoms with Crippen LogP contribution in [0.5, 0.6) is 0 Å². The number of hydrogen-bond acceptors (Lipinski definition) is 7. The van der Waals surface area contributed by atoms with E-state index in [1.54, 1.807) is 34.9 Å². The van der Waals surface area contributed by atoms with Gasteiger partial charge in [0.25, 0.3) is 5.91 Å². The van der Waals surface area contributed by atoms with Crippen molar-refractivity contribution in [2.45, 2.75) is 24.8 Å². The first-order valence-corrected chi connectivity index (χ1v) is 11.2. The number of benzene rings is 1. The summed E-state index contributed by atoms with van der Waals surface area (Å²) in [6, 6.07) is 6.10. The summed E-state index contributed by atoms with van der Waals surface area (Å²) in [5, 5.41) is 4.75. The molecule has 0 saturated carbocycles. The molecule has 6 nitrogen and oxygen atoms in total. The van der Waals surface area contributed by atoms with E-state index in [-0.39, 0.29) is 5.91 Å². The summed E-state index contributed by atoms with van der Waals surface area (Å²) in [6.07, 6.45) is 2.67. The summed E-state index contributed by atoms with van der Waals surface area (Å²) < 4.78 is 1.09. The maximum absolute atomic E-state index is 12.1. The second-order valence-electron chi connectivity index (χ2n) is 6.21. The smallest absolute Gasteiger partial charge is 0.251 e. The topological polar surface area (TPSA) is 88.3 Å². The fourth-order valence-corrected chi connectivity index (χ4v) is 6.12. The monoisotopic (exact) mass is 418 g/mol. The number of primary amides is 1. The number of thiazole rings is 1. The molecule has 1 aliphatic rings. The summed E-state index contributed by atoms with van der Waals surface area (Å²) in [5.41, 5.74) is 8.13. The van der Waals surface area contributed by atoms with E-state index in [2.05, 4.69) is 5.32 Å². The highest BCUT2D eigenvalue weighted by Crippen LogP contribution is 2.40. The van der Waals surface area contributed by atoms with E-state index in [0.717, 1.165) is 30.7 Å². The van der Waals surface area contributed by atoms with E-state index in [1.165, 1.54) is 11.3 Å². The molecule has 0 radical (unpaired) electrons. The molecular weight excluding hydrogens is 400 g/mol. The first-order chi connectivity index (χ1) is 13.0.